The second kappa shape index (κ2) is 6.63. The Balaban J connectivity index is 1.40. The lowest BCUT2D eigenvalue weighted by Gasteiger charge is -2.34. The van der Waals surface area contributed by atoms with E-state index in [9.17, 15) is 18.0 Å². The summed E-state index contributed by atoms with van der Waals surface area (Å²) in [6.07, 6.45) is -1.76. The fourth-order valence-corrected chi connectivity index (χ4v) is 4.41. The molecule has 0 aliphatic carbocycles. The Hall–Kier alpha value is -1.98. The van der Waals surface area contributed by atoms with E-state index < -0.39 is 11.1 Å². The van der Waals surface area contributed by atoms with E-state index in [4.69, 9.17) is 0 Å². The summed E-state index contributed by atoms with van der Waals surface area (Å²) in [4.78, 5) is 24.4. The molecule has 4 rings (SSSR count). The first-order valence-corrected chi connectivity index (χ1v) is 9.56. The van der Waals surface area contributed by atoms with Gasteiger partial charge in [-0.25, -0.2) is 9.97 Å². The maximum absolute atomic E-state index is 12.7. The predicted molar refractivity (Wildman–Crippen MR) is 93.9 cm³/mol. The summed E-state index contributed by atoms with van der Waals surface area (Å²) >= 11 is 2.08. The number of piperazine rings is 1. The van der Waals surface area contributed by atoms with Crippen LogP contribution in [0.1, 0.15) is 10.6 Å². The van der Waals surface area contributed by atoms with Crippen LogP contribution in [0.3, 0.4) is 0 Å². The van der Waals surface area contributed by atoms with Crippen molar-refractivity contribution in [3.05, 3.63) is 44.8 Å². The van der Waals surface area contributed by atoms with Gasteiger partial charge in [0.15, 0.2) is 10.1 Å². The summed E-state index contributed by atoms with van der Waals surface area (Å²) in [5, 5.41) is 2.21. The minimum absolute atomic E-state index is 0.104. The number of rotatable bonds is 3. The van der Waals surface area contributed by atoms with Gasteiger partial charge in [-0.3, -0.25) is 14.1 Å². The summed E-state index contributed by atoms with van der Waals surface area (Å²) in [6.45, 7) is 3.07. The standard InChI is InChI=1S/C15H14F3N5OS2/c16-15(17,18)11-8-19-13(26-11)22-3-1-21(2-4-22)9-10-7-12(24)23-5-6-25-14(23)20-10/h5-8H,1-4,9H2. The van der Waals surface area contributed by atoms with Gasteiger partial charge in [0, 0.05) is 50.4 Å². The zero-order valence-electron chi connectivity index (χ0n) is 13.4. The number of nitrogens with zero attached hydrogens (tertiary/aromatic N) is 5. The van der Waals surface area contributed by atoms with Crippen LogP contribution in [-0.2, 0) is 12.7 Å². The summed E-state index contributed by atoms with van der Waals surface area (Å²) in [5.41, 5.74) is 0.604. The van der Waals surface area contributed by atoms with Crippen LogP contribution >= 0.6 is 22.7 Å². The number of thiazole rings is 2. The van der Waals surface area contributed by atoms with Crippen LogP contribution in [-0.4, -0.2) is 45.4 Å². The Bertz CT molecular complexity index is 971. The zero-order chi connectivity index (χ0) is 18.3. The van der Waals surface area contributed by atoms with Gasteiger partial charge in [-0.2, -0.15) is 13.2 Å². The van der Waals surface area contributed by atoms with Gasteiger partial charge in [-0.05, 0) is 0 Å². The highest BCUT2D eigenvalue weighted by molar-refractivity contribution is 7.15. The summed E-state index contributed by atoms with van der Waals surface area (Å²) in [5.74, 6) is 0. The van der Waals surface area contributed by atoms with E-state index in [-0.39, 0.29) is 5.56 Å². The highest BCUT2D eigenvalue weighted by Gasteiger charge is 2.34. The monoisotopic (exact) mass is 401 g/mol. The quantitative estimate of drug-likeness (QED) is 0.675. The molecule has 3 aromatic rings. The van der Waals surface area contributed by atoms with Crippen molar-refractivity contribution in [3.63, 3.8) is 0 Å². The van der Waals surface area contributed by atoms with Gasteiger partial charge in [-0.1, -0.05) is 11.3 Å². The SMILES string of the molecule is O=c1cc(CN2CCN(c3ncc(C(F)(F)F)s3)CC2)nc2sccn12. The number of aromatic nitrogens is 3. The normalized spacial score (nSPS) is 16.5. The second-order valence-electron chi connectivity index (χ2n) is 5.91. The molecule has 0 bridgehead atoms. The number of alkyl halides is 3. The van der Waals surface area contributed by atoms with E-state index in [1.54, 1.807) is 6.20 Å². The van der Waals surface area contributed by atoms with Crippen LogP contribution in [0.5, 0.6) is 0 Å². The van der Waals surface area contributed by atoms with Gasteiger partial charge in [0.05, 0.1) is 11.9 Å². The van der Waals surface area contributed by atoms with Crippen molar-refractivity contribution in [2.24, 2.45) is 0 Å². The fourth-order valence-electron chi connectivity index (χ4n) is 2.84. The van der Waals surface area contributed by atoms with E-state index in [0.717, 1.165) is 6.20 Å². The van der Waals surface area contributed by atoms with Crippen LogP contribution < -0.4 is 10.5 Å². The predicted octanol–water partition coefficient (Wildman–Crippen LogP) is 2.55. The van der Waals surface area contributed by atoms with E-state index >= 15 is 0 Å². The van der Waals surface area contributed by atoms with Gasteiger partial charge in [-0.15, -0.1) is 11.3 Å². The Morgan fingerprint density at radius 1 is 1.19 bits per heavy atom. The lowest BCUT2D eigenvalue weighted by atomic mass is 10.3. The molecule has 0 spiro atoms. The average Bonchev–Trinajstić information content (AvgIpc) is 3.24. The van der Waals surface area contributed by atoms with Crippen LogP contribution in [0.4, 0.5) is 18.3 Å². The van der Waals surface area contributed by atoms with E-state index in [0.29, 0.717) is 59.8 Å². The molecule has 0 unspecified atom stereocenters. The van der Waals surface area contributed by atoms with Crippen molar-refractivity contribution in [1.82, 2.24) is 19.3 Å². The molecular weight excluding hydrogens is 387 g/mol. The molecule has 26 heavy (non-hydrogen) atoms. The number of fused-ring (bicyclic) bond motifs is 1. The highest BCUT2D eigenvalue weighted by atomic mass is 32.1. The molecule has 0 atom stereocenters. The summed E-state index contributed by atoms with van der Waals surface area (Å²) < 4.78 is 39.6. The van der Waals surface area contributed by atoms with Crippen LogP contribution in [0, 0.1) is 0 Å². The molecule has 0 saturated carbocycles. The third-order valence-electron chi connectivity index (χ3n) is 4.16. The van der Waals surface area contributed by atoms with E-state index in [1.807, 2.05) is 10.3 Å². The van der Waals surface area contributed by atoms with Crippen LogP contribution in [0.25, 0.3) is 4.96 Å². The van der Waals surface area contributed by atoms with Crippen LogP contribution in [0.2, 0.25) is 0 Å². The molecule has 4 heterocycles. The van der Waals surface area contributed by atoms with Crippen molar-refractivity contribution >= 4 is 32.8 Å². The molecule has 6 nitrogen and oxygen atoms in total. The first kappa shape index (κ1) is 17.4. The molecule has 1 saturated heterocycles. The molecule has 1 fully saturated rings. The van der Waals surface area contributed by atoms with Crippen molar-refractivity contribution in [2.45, 2.75) is 12.7 Å². The van der Waals surface area contributed by atoms with Crippen molar-refractivity contribution in [1.29, 1.82) is 0 Å². The maximum atomic E-state index is 12.7. The van der Waals surface area contributed by atoms with Gasteiger partial charge < -0.3 is 4.90 Å². The molecule has 0 amide bonds. The smallest absolute Gasteiger partial charge is 0.346 e. The number of anilines is 1. The lowest BCUT2D eigenvalue weighted by molar-refractivity contribution is -0.134. The lowest BCUT2D eigenvalue weighted by Crippen LogP contribution is -2.46. The average molecular weight is 401 g/mol. The second-order valence-corrected chi connectivity index (χ2v) is 7.79. The summed E-state index contributed by atoms with van der Waals surface area (Å²) in [7, 11) is 0. The molecule has 1 aliphatic rings. The molecule has 0 aromatic carbocycles. The Labute approximate surface area is 154 Å². The molecule has 3 aromatic heterocycles. The van der Waals surface area contributed by atoms with Gasteiger partial charge >= 0.3 is 6.18 Å². The van der Waals surface area contributed by atoms with Gasteiger partial charge in [0.25, 0.3) is 5.56 Å². The number of hydrogen-bond donors (Lipinski definition) is 0. The molecule has 0 radical (unpaired) electrons. The number of halogens is 3. The fraction of sp³-hybridized carbons (Fsp3) is 0.400. The van der Waals surface area contributed by atoms with Crippen LogP contribution in [0.15, 0.2) is 28.6 Å². The minimum atomic E-state index is -4.35. The van der Waals surface area contributed by atoms with Crippen molar-refractivity contribution in [3.8, 4) is 0 Å². The third-order valence-corrected chi connectivity index (χ3v) is 6.02. The Morgan fingerprint density at radius 2 is 1.96 bits per heavy atom. The molecule has 138 valence electrons. The topological polar surface area (TPSA) is 53.7 Å². The summed E-state index contributed by atoms with van der Waals surface area (Å²) in [6, 6.07) is 1.53. The zero-order valence-corrected chi connectivity index (χ0v) is 15.1. The highest BCUT2D eigenvalue weighted by Crippen LogP contribution is 2.36. The first-order chi connectivity index (χ1) is 12.4. The van der Waals surface area contributed by atoms with Gasteiger partial charge in [0.1, 0.15) is 4.88 Å². The molecule has 0 N–H and O–H groups in total. The molecule has 11 heteroatoms. The van der Waals surface area contributed by atoms with E-state index in [1.165, 1.54) is 21.8 Å². The maximum Gasteiger partial charge on any atom is 0.427 e. The van der Waals surface area contributed by atoms with Crippen molar-refractivity contribution in [2.75, 3.05) is 31.1 Å². The Kier molecular flexibility index (Phi) is 4.45. The Morgan fingerprint density at radius 3 is 2.65 bits per heavy atom. The minimum Gasteiger partial charge on any atom is -0.346 e. The molecule has 1 aliphatic heterocycles. The van der Waals surface area contributed by atoms with Crippen molar-refractivity contribution < 1.29 is 13.2 Å². The van der Waals surface area contributed by atoms with Gasteiger partial charge in [0.2, 0.25) is 0 Å². The number of hydrogen-bond acceptors (Lipinski definition) is 7. The first-order valence-electron chi connectivity index (χ1n) is 7.86. The molecular formula is C15H14F3N5OS2. The van der Waals surface area contributed by atoms with E-state index in [2.05, 4.69) is 14.9 Å². The largest absolute Gasteiger partial charge is 0.427 e. The third kappa shape index (κ3) is 3.46.